The summed E-state index contributed by atoms with van der Waals surface area (Å²) in [5, 5.41) is 13.1. The normalized spacial score (nSPS) is 10.9. The van der Waals surface area contributed by atoms with Gasteiger partial charge in [0.25, 0.3) is 0 Å². The number of carbonyl (C=O) groups is 1. The van der Waals surface area contributed by atoms with E-state index in [2.05, 4.69) is 32.6 Å². The largest absolute Gasteiger partial charge is 0.325 e. The number of thiazole rings is 1. The van der Waals surface area contributed by atoms with Gasteiger partial charge in [-0.25, -0.2) is 9.37 Å². The highest BCUT2D eigenvalue weighted by Crippen LogP contribution is 2.34. The van der Waals surface area contributed by atoms with Crippen molar-refractivity contribution >= 4 is 34.7 Å². The molecule has 2 aromatic carbocycles. The average Bonchev–Trinajstić information content (AvgIpc) is 3.17. The molecule has 5 nitrogen and oxygen atoms in total. The second kappa shape index (κ2) is 9.80. The standard InChI is InChI=1S/C25H23FN4OS2/c1-14-11-15(2)23(16(3)12-14)28-21(31)13-32-22-10-9-20(29-30-22)24-17(4)27-25(33-24)18-5-7-19(26)8-6-18/h5-12H,13H2,1-4H3,(H,28,31). The van der Waals surface area contributed by atoms with Gasteiger partial charge in [0.2, 0.25) is 5.91 Å². The molecule has 0 bridgehead atoms. The fourth-order valence-corrected chi connectivity index (χ4v) is 5.21. The molecule has 0 spiro atoms. The molecule has 0 aliphatic carbocycles. The van der Waals surface area contributed by atoms with Crippen molar-refractivity contribution in [3.63, 3.8) is 0 Å². The Morgan fingerprint density at radius 2 is 1.70 bits per heavy atom. The summed E-state index contributed by atoms with van der Waals surface area (Å²) in [6.07, 6.45) is 0. The van der Waals surface area contributed by atoms with E-state index >= 15 is 0 Å². The predicted octanol–water partition coefficient (Wildman–Crippen LogP) is 6.37. The molecule has 0 atom stereocenters. The quantitative estimate of drug-likeness (QED) is 0.326. The van der Waals surface area contributed by atoms with Gasteiger partial charge in [0, 0.05) is 11.3 Å². The zero-order chi connectivity index (χ0) is 23.5. The summed E-state index contributed by atoms with van der Waals surface area (Å²) in [6, 6.07) is 14.1. The van der Waals surface area contributed by atoms with Crippen molar-refractivity contribution in [2.75, 3.05) is 11.1 Å². The van der Waals surface area contributed by atoms with E-state index in [1.165, 1.54) is 40.8 Å². The number of thioether (sulfide) groups is 1. The molecule has 4 aromatic rings. The molecule has 8 heteroatoms. The van der Waals surface area contributed by atoms with Crippen molar-refractivity contribution in [3.8, 4) is 21.1 Å². The van der Waals surface area contributed by atoms with E-state index in [0.717, 1.165) is 43.7 Å². The monoisotopic (exact) mass is 478 g/mol. The maximum atomic E-state index is 13.2. The Morgan fingerprint density at radius 3 is 2.33 bits per heavy atom. The molecule has 0 fully saturated rings. The molecule has 168 valence electrons. The summed E-state index contributed by atoms with van der Waals surface area (Å²) in [7, 11) is 0. The third kappa shape index (κ3) is 5.46. The van der Waals surface area contributed by atoms with Crippen LogP contribution in [0, 0.1) is 33.5 Å². The first-order valence-corrected chi connectivity index (χ1v) is 12.2. The molecule has 1 N–H and O–H groups in total. The molecule has 0 aliphatic heterocycles. The van der Waals surface area contributed by atoms with Crippen LogP contribution in [-0.4, -0.2) is 26.8 Å². The fraction of sp³-hybridized carbons (Fsp3) is 0.200. The number of aromatic nitrogens is 3. The molecule has 0 saturated carbocycles. The van der Waals surface area contributed by atoms with Crippen LogP contribution in [0.1, 0.15) is 22.4 Å². The smallest absolute Gasteiger partial charge is 0.234 e. The van der Waals surface area contributed by atoms with Crippen molar-refractivity contribution in [2.45, 2.75) is 32.7 Å². The van der Waals surface area contributed by atoms with Crippen LogP contribution >= 0.6 is 23.1 Å². The van der Waals surface area contributed by atoms with E-state index in [1.54, 1.807) is 12.1 Å². The molecule has 0 unspecified atom stereocenters. The van der Waals surface area contributed by atoms with Gasteiger partial charge in [-0.3, -0.25) is 4.79 Å². The molecular formula is C25H23FN4OS2. The highest BCUT2D eigenvalue weighted by Gasteiger charge is 2.14. The van der Waals surface area contributed by atoms with Gasteiger partial charge in [-0.1, -0.05) is 29.5 Å². The third-order valence-electron chi connectivity index (χ3n) is 5.05. The van der Waals surface area contributed by atoms with Gasteiger partial charge in [-0.15, -0.1) is 21.5 Å². The molecule has 33 heavy (non-hydrogen) atoms. The number of nitrogens with zero attached hydrogens (tertiary/aromatic N) is 3. The average molecular weight is 479 g/mol. The van der Waals surface area contributed by atoms with Gasteiger partial charge >= 0.3 is 0 Å². The predicted molar refractivity (Wildman–Crippen MR) is 133 cm³/mol. The molecule has 2 aromatic heterocycles. The molecule has 2 heterocycles. The summed E-state index contributed by atoms with van der Waals surface area (Å²) in [6.45, 7) is 7.95. The Balaban J connectivity index is 1.41. The minimum absolute atomic E-state index is 0.0804. The second-order valence-electron chi connectivity index (χ2n) is 7.81. The van der Waals surface area contributed by atoms with Crippen LogP contribution in [0.25, 0.3) is 21.1 Å². The van der Waals surface area contributed by atoms with Crippen LogP contribution in [0.15, 0.2) is 53.6 Å². The lowest BCUT2D eigenvalue weighted by Gasteiger charge is -2.12. The number of hydrogen-bond donors (Lipinski definition) is 1. The lowest BCUT2D eigenvalue weighted by molar-refractivity contribution is -0.113. The number of amides is 1. The van der Waals surface area contributed by atoms with Crippen LogP contribution in [0.5, 0.6) is 0 Å². The first kappa shape index (κ1) is 23.1. The van der Waals surface area contributed by atoms with E-state index < -0.39 is 0 Å². The van der Waals surface area contributed by atoms with Crippen LogP contribution in [0.2, 0.25) is 0 Å². The van der Waals surface area contributed by atoms with Gasteiger partial charge in [0.05, 0.1) is 16.3 Å². The summed E-state index contributed by atoms with van der Waals surface area (Å²) >= 11 is 2.83. The minimum atomic E-state index is -0.274. The Kier molecular flexibility index (Phi) is 6.85. The lowest BCUT2D eigenvalue weighted by atomic mass is 10.1. The molecule has 0 saturated heterocycles. The summed E-state index contributed by atoms with van der Waals surface area (Å²) in [5.41, 5.74) is 6.57. The first-order chi connectivity index (χ1) is 15.8. The summed E-state index contributed by atoms with van der Waals surface area (Å²) < 4.78 is 13.2. The lowest BCUT2D eigenvalue weighted by Crippen LogP contribution is -2.16. The molecule has 4 rings (SSSR count). The summed E-state index contributed by atoms with van der Waals surface area (Å²) in [5.74, 6) is -0.109. The maximum Gasteiger partial charge on any atom is 0.234 e. The Bertz CT molecular complexity index is 1280. The maximum absolute atomic E-state index is 13.2. The number of halogens is 1. The number of rotatable bonds is 6. The van der Waals surface area contributed by atoms with Crippen LogP contribution in [0.4, 0.5) is 10.1 Å². The Hall–Kier alpha value is -3.10. The van der Waals surface area contributed by atoms with Gasteiger partial charge < -0.3 is 5.32 Å². The van der Waals surface area contributed by atoms with Crippen molar-refractivity contribution in [1.29, 1.82) is 0 Å². The van der Waals surface area contributed by atoms with Crippen LogP contribution in [-0.2, 0) is 4.79 Å². The fourth-order valence-electron chi connectivity index (χ4n) is 3.56. The van der Waals surface area contributed by atoms with Gasteiger partial charge in [0.1, 0.15) is 21.5 Å². The number of benzene rings is 2. The highest BCUT2D eigenvalue weighted by molar-refractivity contribution is 7.99. The SMILES string of the molecule is Cc1cc(C)c(NC(=O)CSc2ccc(-c3sc(-c4ccc(F)cc4)nc3C)nn2)c(C)c1. The van der Waals surface area contributed by atoms with Crippen LogP contribution < -0.4 is 5.32 Å². The molecular weight excluding hydrogens is 455 g/mol. The first-order valence-electron chi connectivity index (χ1n) is 10.4. The van der Waals surface area contributed by atoms with Crippen molar-refractivity contribution in [1.82, 2.24) is 15.2 Å². The van der Waals surface area contributed by atoms with E-state index in [9.17, 15) is 9.18 Å². The Morgan fingerprint density at radius 1 is 1.00 bits per heavy atom. The van der Waals surface area contributed by atoms with E-state index in [1.807, 2.05) is 39.8 Å². The zero-order valence-electron chi connectivity index (χ0n) is 18.8. The summed E-state index contributed by atoms with van der Waals surface area (Å²) in [4.78, 5) is 18.0. The number of anilines is 1. The number of aryl methyl sites for hydroxylation is 4. The number of carbonyl (C=O) groups excluding carboxylic acids is 1. The van der Waals surface area contributed by atoms with E-state index in [4.69, 9.17) is 0 Å². The molecule has 0 radical (unpaired) electrons. The van der Waals surface area contributed by atoms with Crippen LogP contribution in [0.3, 0.4) is 0 Å². The molecule has 0 aliphatic rings. The highest BCUT2D eigenvalue weighted by atomic mass is 32.2. The zero-order valence-corrected chi connectivity index (χ0v) is 20.4. The van der Waals surface area contributed by atoms with Crippen molar-refractivity contribution in [2.24, 2.45) is 0 Å². The van der Waals surface area contributed by atoms with Gasteiger partial charge in [-0.05, 0) is 75.2 Å². The van der Waals surface area contributed by atoms with Gasteiger partial charge in [-0.2, -0.15) is 0 Å². The van der Waals surface area contributed by atoms with Crippen molar-refractivity contribution < 1.29 is 9.18 Å². The topological polar surface area (TPSA) is 67.8 Å². The molecule has 1 amide bonds. The second-order valence-corrected chi connectivity index (χ2v) is 9.80. The van der Waals surface area contributed by atoms with Crippen molar-refractivity contribution in [3.05, 3.63) is 76.7 Å². The number of nitrogens with one attached hydrogen (secondary N) is 1. The van der Waals surface area contributed by atoms with E-state index in [-0.39, 0.29) is 17.5 Å². The third-order valence-corrected chi connectivity index (χ3v) is 7.20. The number of hydrogen-bond acceptors (Lipinski definition) is 6. The minimum Gasteiger partial charge on any atom is -0.325 e. The van der Waals surface area contributed by atoms with E-state index in [0.29, 0.717) is 5.03 Å². The van der Waals surface area contributed by atoms with Gasteiger partial charge in [0.15, 0.2) is 0 Å². The Labute approximate surface area is 200 Å².